The van der Waals surface area contributed by atoms with Gasteiger partial charge in [-0.05, 0) is 57.4 Å². The van der Waals surface area contributed by atoms with Crippen LogP contribution in [0.1, 0.15) is 45.6 Å². The Labute approximate surface area is 144 Å². The Hall–Kier alpha value is -1.75. The fourth-order valence-electron chi connectivity index (χ4n) is 3.76. The Balaban J connectivity index is 1.63. The number of likely N-dealkylation sites (N-methyl/N-ethyl adjacent to an activating group) is 1. The van der Waals surface area contributed by atoms with Crippen molar-refractivity contribution in [1.82, 2.24) is 9.80 Å². The minimum Gasteiger partial charge on any atom is -0.454 e. The van der Waals surface area contributed by atoms with Crippen LogP contribution in [0.25, 0.3) is 0 Å². The highest BCUT2D eigenvalue weighted by Gasteiger charge is 2.29. The molecule has 2 atom stereocenters. The quantitative estimate of drug-likeness (QED) is 0.831. The number of carbonyl (C=O) groups is 1. The van der Waals surface area contributed by atoms with Crippen LogP contribution in [0.2, 0.25) is 0 Å². The van der Waals surface area contributed by atoms with Crippen LogP contribution < -0.4 is 9.47 Å². The summed E-state index contributed by atoms with van der Waals surface area (Å²) in [5.74, 6) is 1.85. The predicted octanol–water partition coefficient (Wildman–Crippen LogP) is 3.03. The number of piperidine rings is 1. The Morgan fingerprint density at radius 3 is 2.62 bits per heavy atom. The van der Waals surface area contributed by atoms with E-state index in [4.69, 9.17) is 9.47 Å². The number of benzene rings is 1. The second kappa shape index (κ2) is 7.43. The van der Waals surface area contributed by atoms with Crippen LogP contribution in [0.3, 0.4) is 0 Å². The number of carbonyl (C=O) groups excluding carboxylic acids is 1. The lowest BCUT2D eigenvalue weighted by atomic mass is 9.97. The highest BCUT2D eigenvalue weighted by atomic mass is 16.7. The average molecular weight is 332 g/mol. The van der Waals surface area contributed by atoms with Gasteiger partial charge in [-0.15, -0.1) is 0 Å². The zero-order valence-electron chi connectivity index (χ0n) is 15.0. The van der Waals surface area contributed by atoms with Gasteiger partial charge in [-0.1, -0.05) is 13.0 Å². The number of rotatable bonds is 5. The van der Waals surface area contributed by atoms with Crippen LogP contribution in [-0.4, -0.2) is 47.7 Å². The molecule has 3 rings (SSSR count). The molecule has 0 radical (unpaired) electrons. The monoisotopic (exact) mass is 332 g/mol. The van der Waals surface area contributed by atoms with E-state index in [-0.39, 0.29) is 5.91 Å². The molecule has 132 valence electrons. The smallest absolute Gasteiger partial charge is 0.237 e. The van der Waals surface area contributed by atoms with Gasteiger partial charge in [-0.2, -0.15) is 0 Å². The first-order valence-corrected chi connectivity index (χ1v) is 9.00. The molecule has 0 aliphatic carbocycles. The summed E-state index contributed by atoms with van der Waals surface area (Å²) in [6.45, 7) is 8.79. The average Bonchev–Trinajstić information content (AvgIpc) is 3.01. The van der Waals surface area contributed by atoms with E-state index in [1.54, 1.807) is 0 Å². The van der Waals surface area contributed by atoms with Crippen LogP contribution >= 0.6 is 0 Å². The maximum absolute atomic E-state index is 12.8. The first-order valence-electron chi connectivity index (χ1n) is 9.00. The second-order valence-corrected chi connectivity index (χ2v) is 6.92. The molecule has 24 heavy (non-hydrogen) atoms. The van der Waals surface area contributed by atoms with E-state index in [1.807, 2.05) is 18.2 Å². The molecule has 1 amide bonds. The number of likely N-dealkylation sites (tertiary alicyclic amines) is 1. The van der Waals surface area contributed by atoms with Gasteiger partial charge in [0, 0.05) is 18.6 Å². The SMILES string of the molecule is CCN(CC(=O)N1C(C)CCCC1C)Cc1ccc2c(c1)OCO2. The minimum absolute atomic E-state index is 0.247. The first kappa shape index (κ1) is 17.1. The van der Waals surface area contributed by atoms with Crippen molar-refractivity contribution in [2.24, 2.45) is 0 Å². The van der Waals surface area contributed by atoms with Crippen molar-refractivity contribution in [3.8, 4) is 11.5 Å². The van der Waals surface area contributed by atoms with E-state index in [2.05, 4.69) is 30.6 Å². The van der Waals surface area contributed by atoms with Crippen LogP contribution in [0, 0.1) is 0 Å². The van der Waals surface area contributed by atoms with Gasteiger partial charge in [0.25, 0.3) is 0 Å². The molecule has 0 bridgehead atoms. The predicted molar refractivity (Wildman–Crippen MR) is 93.1 cm³/mol. The highest BCUT2D eigenvalue weighted by Crippen LogP contribution is 2.32. The van der Waals surface area contributed by atoms with Crippen LogP contribution in [0.4, 0.5) is 0 Å². The summed E-state index contributed by atoms with van der Waals surface area (Å²) in [5, 5.41) is 0. The fraction of sp³-hybridized carbons (Fsp3) is 0.632. The summed E-state index contributed by atoms with van der Waals surface area (Å²) in [5.41, 5.74) is 1.15. The Morgan fingerprint density at radius 2 is 1.92 bits per heavy atom. The molecule has 2 aliphatic heterocycles. The largest absolute Gasteiger partial charge is 0.454 e. The van der Waals surface area contributed by atoms with Gasteiger partial charge in [-0.3, -0.25) is 9.69 Å². The molecular formula is C19H28N2O3. The van der Waals surface area contributed by atoms with Crippen molar-refractivity contribution in [2.75, 3.05) is 19.9 Å². The van der Waals surface area contributed by atoms with Crippen molar-refractivity contribution >= 4 is 5.91 Å². The number of hydrogen-bond acceptors (Lipinski definition) is 4. The molecular weight excluding hydrogens is 304 g/mol. The van der Waals surface area contributed by atoms with Crippen molar-refractivity contribution in [1.29, 1.82) is 0 Å². The molecule has 1 fully saturated rings. The summed E-state index contributed by atoms with van der Waals surface area (Å²) >= 11 is 0. The fourth-order valence-corrected chi connectivity index (χ4v) is 3.76. The molecule has 1 saturated heterocycles. The molecule has 0 N–H and O–H groups in total. The van der Waals surface area contributed by atoms with Crippen molar-refractivity contribution in [3.63, 3.8) is 0 Å². The maximum Gasteiger partial charge on any atom is 0.237 e. The third-order valence-corrected chi connectivity index (χ3v) is 5.13. The van der Waals surface area contributed by atoms with Crippen molar-refractivity contribution < 1.29 is 14.3 Å². The molecule has 0 spiro atoms. The van der Waals surface area contributed by atoms with E-state index in [0.717, 1.165) is 43.0 Å². The zero-order valence-corrected chi connectivity index (χ0v) is 15.0. The lowest BCUT2D eigenvalue weighted by Gasteiger charge is -2.40. The standard InChI is InChI=1S/C19H28N2O3/c1-4-20(11-16-8-9-17-18(10-16)24-13-23-17)12-19(22)21-14(2)6-5-7-15(21)3/h8-10,14-15H,4-7,11-13H2,1-3H3. The molecule has 5 heteroatoms. The summed E-state index contributed by atoms with van der Waals surface area (Å²) in [7, 11) is 0. The third kappa shape index (κ3) is 3.66. The number of ether oxygens (including phenoxy) is 2. The molecule has 1 aromatic carbocycles. The van der Waals surface area contributed by atoms with E-state index in [0.29, 0.717) is 25.4 Å². The Kier molecular flexibility index (Phi) is 5.29. The lowest BCUT2D eigenvalue weighted by molar-refractivity contribution is -0.138. The van der Waals surface area contributed by atoms with E-state index in [9.17, 15) is 4.79 Å². The number of nitrogens with zero attached hydrogens (tertiary/aromatic N) is 2. The van der Waals surface area contributed by atoms with E-state index in [1.165, 1.54) is 6.42 Å². The molecule has 5 nitrogen and oxygen atoms in total. The van der Waals surface area contributed by atoms with Crippen molar-refractivity contribution in [2.45, 2.75) is 58.7 Å². The Morgan fingerprint density at radius 1 is 1.21 bits per heavy atom. The second-order valence-electron chi connectivity index (χ2n) is 6.92. The zero-order chi connectivity index (χ0) is 17.1. The minimum atomic E-state index is 0.247. The van der Waals surface area contributed by atoms with Gasteiger partial charge < -0.3 is 14.4 Å². The van der Waals surface area contributed by atoms with Gasteiger partial charge in [0.2, 0.25) is 12.7 Å². The van der Waals surface area contributed by atoms with Gasteiger partial charge in [0.1, 0.15) is 0 Å². The van der Waals surface area contributed by atoms with Gasteiger partial charge >= 0.3 is 0 Å². The summed E-state index contributed by atoms with van der Waals surface area (Å²) in [6.07, 6.45) is 3.45. The van der Waals surface area contributed by atoms with E-state index >= 15 is 0 Å². The molecule has 1 aromatic rings. The van der Waals surface area contributed by atoms with Crippen LogP contribution in [0.15, 0.2) is 18.2 Å². The number of hydrogen-bond donors (Lipinski definition) is 0. The maximum atomic E-state index is 12.8. The summed E-state index contributed by atoms with van der Waals surface area (Å²) < 4.78 is 10.8. The van der Waals surface area contributed by atoms with Crippen molar-refractivity contribution in [3.05, 3.63) is 23.8 Å². The van der Waals surface area contributed by atoms with Gasteiger partial charge in [-0.25, -0.2) is 0 Å². The topological polar surface area (TPSA) is 42.0 Å². The van der Waals surface area contributed by atoms with Crippen LogP contribution in [0.5, 0.6) is 11.5 Å². The normalized spacial score (nSPS) is 22.9. The number of amides is 1. The van der Waals surface area contributed by atoms with Crippen LogP contribution in [-0.2, 0) is 11.3 Å². The summed E-state index contributed by atoms with van der Waals surface area (Å²) in [4.78, 5) is 17.1. The van der Waals surface area contributed by atoms with E-state index < -0.39 is 0 Å². The summed E-state index contributed by atoms with van der Waals surface area (Å²) in [6, 6.07) is 6.72. The third-order valence-electron chi connectivity index (χ3n) is 5.13. The number of fused-ring (bicyclic) bond motifs is 1. The molecule has 0 saturated carbocycles. The molecule has 2 heterocycles. The molecule has 2 unspecified atom stereocenters. The molecule has 0 aromatic heterocycles. The lowest BCUT2D eigenvalue weighted by Crippen LogP contribution is -2.51. The van der Waals surface area contributed by atoms with Gasteiger partial charge in [0.05, 0.1) is 6.54 Å². The van der Waals surface area contributed by atoms with Gasteiger partial charge in [0.15, 0.2) is 11.5 Å². The Bertz CT molecular complexity index is 580. The first-order chi connectivity index (χ1) is 11.6. The molecule has 2 aliphatic rings. The highest BCUT2D eigenvalue weighted by molar-refractivity contribution is 5.79.